The number of halogens is 1. The second-order valence-corrected chi connectivity index (χ2v) is 3.60. The number of nitrogens with zero attached hydrogens (tertiary/aromatic N) is 3. The highest BCUT2D eigenvalue weighted by Gasteiger charge is 2.09. The number of aromatic nitrogens is 2. The van der Waals surface area contributed by atoms with Crippen molar-refractivity contribution in [3.8, 4) is 11.6 Å². The second-order valence-electron chi connectivity index (χ2n) is 2.71. The Bertz CT molecular complexity index is 514. The van der Waals surface area contributed by atoms with Crippen LogP contribution < -0.4 is 4.74 Å². The summed E-state index contributed by atoms with van der Waals surface area (Å²) in [4.78, 5) is 9.92. The highest BCUT2D eigenvalue weighted by Crippen LogP contribution is 2.27. The van der Waals surface area contributed by atoms with Crippen LogP contribution in [0, 0.1) is 10.1 Å². The van der Waals surface area contributed by atoms with Crippen molar-refractivity contribution in [3.63, 3.8) is 0 Å². The number of benzene rings is 1. The smallest absolute Gasteiger partial charge is 0.270 e. The van der Waals surface area contributed by atoms with Crippen molar-refractivity contribution in [2.75, 3.05) is 0 Å². The van der Waals surface area contributed by atoms with Crippen LogP contribution in [0.3, 0.4) is 0 Å². The molecule has 2 rings (SSSR count). The average Bonchev–Trinajstić information content (AvgIpc) is 2.65. The van der Waals surface area contributed by atoms with Gasteiger partial charge in [0.05, 0.1) is 16.7 Å². The Morgan fingerprint density at radius 3 is 2.50 bits per heavy atom. The van der Waals surface area contributed by atoms with Crippen molar-refractivity contribution in [1.82, 2.24) is 8.75 Å². The van der Waals surface area contributed by atoms with E-state index in [-0.39, 0.29) is 16.7 Å². The van der Waals surface area contributed by atoms with E-state index in [0.29, 0.717) is 5.75 Å². The molecule has 1 aromatic heterocycles. The summed E-state index contributed by atoms with van der Waals surface area (Å²) in [6.07, 6.45) is 0. The molecule has 0 bridgehead atoms. The maximum atomic E-state index is 10.4. The Labute approximate surface area is 98.9 Å². The molecule has 1 aromatic carbocycles. The lowest BCUT2D eigenvalue weighted by atomic mass is 10.3. The highest BCUT2D eigenvalue weighted by molar-refractivity contribution is 6.99. The van der Waals surface area contributed by atoms with Crippen molar-refractivity contribution in [2.45, 2.75) is 0 Å². The molecule has 0 atom stereocenters. The van der Waals surface area contributed by atoms with Crippen LogP contribution in [0.5, 0.6) is 11.6 Å². The van der Waals surface area contributed by atoms with Crippen molar-refractivity contribution in [2.24, 2.45) is 0 Å². The Hall–Kier alpha value is -1.73. The van der Waals surface area contributed by atoms with Gasteiger partial charge in [-0.25, -0.2) is 0 Å². The van der Waals surface area contributed by atoms with Crippen LogP contribution in [0.25, 0.3) is 0 Å². The Morgan fingerprint density at radius 2 is 2.00 bits per heavy atom. The van der Waals surface area contributed by atoms with E-state index in [4.69, 9.17) is 16.3 Å². The van der Waals surface area contributed by atoms with E-state index < -0.39 is 4.92 Å². The topological polar surface area (TPSA) is 78.2 Å². The van der Waals surface area contributed by atoms with Gasteiger partial charge in [-0.15, -0.1) is 4.37 Å². The van der Waals surface area contributed by atoms with Crippen molar-refractivity contribution in [1.29, 1.82) is 0 Å². The van der Waals surface area contributed by atoms with E-state index in [1.807, 2.05) is 0 Å². The highest BCUT2D eigenvalue weighted by atomic mass is 35.5. The second kappa shape index (κ2) is 4.42. The summed E-state index contributed by atoms with van der Waals surface area (Å²) in [5.41, 5.74) is -0.00477. The van der Waals surface area contributed by atoms with Gasteiger partial charge >= 0.3 is 0 Å². The summed E-state index contributed by atoms with van der Waals surface area (Å²) >= 11 is 6.60. The molecule has 0 spiro atoms. The van der Waals surface area contributed by atoms with E-state index in [1.54, 1.807) is 0 Å². The zero-order chi connectivity index (χ0) is 11.5. The number of hydrogen-bond acceptors (Lipinski definition) is 6. The number of nitro groups is 1. The van der Waals surface area contributed by atoms with Gasteiger partial charge in [0.25, 0.3) is 11.6 Å². The summed E-state index contributed by atoms with van der Waals surface area (Å²) in [6, 6.07) is 5.60. The van der Waals surface area contributed by atoms with Crippen LogP contribution in [0.1, 0.15) is 0 Å². The predicted octanol–water partition coefficient (Wildman–Crippen LogP) is 2.89. The van der Waals surface area contributed by atoms with E-state index in [9.17, 15) is 10.1 Å². The largest absolute Gasteiger partial charge is 0.436 e. The minimum Gasteiger partial charge on any atom is -0.436 e. The third-order valence-electron chi connectivity index (χ3n) is 1.68. The fourth-order valence-electron chi connectivity index (χ4n) is 0.978. The molecule has 16 heavy (non-hydrogen) atoms. The quantitative estimate of drug-likeness (QED) is 0.624. The molecule has 0 saturated carbocycles. The van der Waals surface area contributed by atoms with Crippen LogP contribution in [-0.2, 0) is 0 Å². The van der Waals surface area contributed by atoms with Gasteiger partial charge in [-0.1, -0.05) is 11.6 Å². The van der Waals surface area contributed by atoms with Gasteiger partial charge in [0.15, 0.2) is 0 Å². The summed E-state index contributed by atoms with van der Waals surface area (Å²) in [7, 11) is 0. The fraction of sp³-hybridized carbons (Fsp3) is 0. The van der Waals surface area contributed by atoms with Crippen LogP contribution in [0.4, 0.5) is 5.69 Å². The van der Waals surface area contributed by atoms with Gasteiger partial charge < -0.3 is 4.74 Å². The molecule has 0 aliphatic carbocycles. The van der Waals surface area contributed by atoms with Crippen LogP contribution in [0.2, 0.25) is 5.15 Å². The number of nitro benzene ring substituents is 1. The normalized spacial score (nSPS) is 10.1. The molecule has 0 unspecified atom stereocenters. The molecular formula is C8H4ClN3O3S. The molecule has 0 amide bonds. The van der Waals surface area contributed by atoms with Gasteiger partial charge in [-0.3, -0.25) is 10.1 Å². The van der Waals surface area contributed by atoms with Gasteiger partial charge in [-0.2, -0.15) is 4.37 Å². The van der Waals surface area contributed by atoms with Gasteiger partial charge in [0.2, 0.25) is 5.15 Å². The number of non-ortho nitro benzene ring substituents is 1. The molecule has 0 N–H and O–H groups in total. The Morgan fingerprint density at radius 1 is 1.31 bits per heavy atom. The lowest BCUT2D eigenvalue weighted by molar-refractivity contribution is -0.384. The van der Waals surface area contributed by atoms with E-state index in [1.165, 1.54) is 24.3 Å². The fourth-order valence-corrected chi connectivity index (χ4v) is 1.59. The molecule has 82 valence electrons. The third-order valence-corrected chi connectivity index (χ3v) is 2.54. The van der Waals surface area contributed by atoms with E-state index >= 15 is 0 Å². The van der Waals surface area contributed by atoms with Crippen molar-refractivity contribution >= 4 is 29.0 Å². The molecule has 6 nitrogen and oxygen atoms in total. The first-order valence-corrected chi connectivity index (χ1v) is 5.18. The molecule has 2 aromatic rings. The Kier molecular flexibility index (Phi) is 2.97. The number of ether oxygens (including phenoxy) is 1. The zero-order valence-electron chi connectivity index (χ0n) is 7.66. The van der Waals surface area contributed by atoms with E-state index in [2.05, 4.69) is 8.75 Å². The van der Waals surface area contributed by atoms with Crippen molar-refractivity contribution < 1.29 is 9.66 Å². The summed E-state index contributed by atoms with van der Waals surface area (Å²) in [5, 5.41) is 10.6. The lowest BCUT2D eigenvalue weighted by Crippen LogP contribution is -1.88. The number of rotatable bonds is 3. The first kappa shape index (κ1) is 10.8. The lowest BCUT2D eigenvalue weighted by Gasteiger charge is -2.00. The Balaban J connectivity index is 2.17. The van der Waals surface area contributed by atoms with Gasteiger partial charge in [0, 0.05) is 12.1 Å². The molecule has 0 radical (unpaired) electrons. The molecule has 0 fully saturated rings. The monoisotopic (exact) mass is 257 g/mol. The standard InChI is InChI=1S/C8H4ClN3O3S/c9-7-8(11-16-10-7)15-6-3-1-5(2-4-6)12(13)14/h1-4H. The first-order chi connectivity index (χ1) is 7.66. The van der Waals surface area contributed by atoms with E-state index in [0.717, 1.165) is 11.7 Å². The molecule has 1 heterocycles. The predicted molar refractivity (Wildman–Crippen MR) is 58.1 cm³/mol. The molecule has 0 aliphatic rings. The number of hydrogen-bond donors (Lipinski definition) is 0. The van der Waals surface area contributed by atoms with Crippen LogP contribution in [0.15, 0.2) is 24.3 Å². The molecule has 0 saturated heterocycles. The van der Waals surface area contributed by atoms with Crippen molar-refractivity contribution in [3.05, 3.63) is 39.5 Å². The summed E-state index contributed by atoms with van der Waals surface area (Å²) in [6.45, 7) is 0. The molecular weight excluding hydrogens is 254 g/mol. The average molecular weight is 258 g/mol. The first-order valence-electron chi connectivity index (χ1n) is 4.07. The molecule has 8 heteroatoms. The van der Waals surface area contributed by atoms with Crippen LogP contribution >= 0.6 is 23.3 Å². The van der Waals surface area contributed by atoms with Gasteiger partial charge in [-0.05, 0) is 12.1 Å². The van der Waals surface area contributed by atoms with Crippen LogP contribution in [-0.4, -0.2) is 13.7 Å². The minimum absolute atomic E-state index is 0.00477. The molecule has 0 aliphatic heterocycles. The van der Waals surface area contributed by atoms with Gasteiger partial charge in [0.1, 0.15) is 5.75 Å². The maximum Gasteiger partial charge on any atom is 0.270 e. The third kappa shape index (κ3) is 2.26. The summed E-state index contributed by atoms with van der Waals surface area (Å²) in [5.74, 6) is 0.612. The SMILES string of the molecule is O=[N+]([O-])c1ccc(Oc2nsnc2Cl)cc1. The maximum absolute atomic E-state index is 10.4. The zero-order valence-corrected chi connectivity index (χ0v) is 9.23. The minimum atomic E-state index is -0.485. The summed E-state index contributed by atoms with van der Waals surface area (Å²) < 4.78 is 12.8.